The van der Waals surface area contributed by atoms with Crippen LogP contribution in [0.2, 0.25) is 0 Å². The van der Waals surface area contributed by atoms with Gasteiger partial charge in [0.2, 0.25) is 11.8 Å². The molecule has 7 rings (SSSR count). The van der Waals surface area contributed by atoms with Crippen LogP contribution in [-0.4, -0.2) is 26.3 Å². The third kappa shape index (κ3) is 9.44. The molecule has 0 saturated heterocycles. The van der Waals surface area contributed by atoms with Gasteiger partial charge in [0.25, 0.3) is 5.56 Å². The summed E-state index contributed by atoms with van der Waals surface area (Å²) >= 11 is 3.49. The van der Waals surface area contributed by atoms with Crippen LogP contribution in [0.4, 0.5) is 11.4 Å². The van der Waals surface area contributed by atoms with Crippen LogP contribution >= 0.6 is 42.9 Å². The second-order valence-corrected chi connectivity index (χ2v) is 13.3. The van der Waals surface area contributed by atoms with Crippen LogP contribution in [-0.2, 0) is 29.5 Å². The van der Waals surface area contributed by atoms with Gasteiger partial charge in [-0.2, -0.15) is 27.0 Å². The van der Waals surface area contributed by atoms with Gasteiger partial charge in [0.1, 0.15) is 23.7 Å². The fourth-order valence-corrected chi connectivity index (χ4v) is 6.49. The number of aromatic nitrogens is 3. The summed E-state index contributed by atoms with van der Waals surface area (Å²) < 4.78 is 14.8. The summed E-state index contributed by atoms with van der Waals surface area (Å²) in [5.41, 5.74) is 7.82. The van der Waals surface area contributed by atoms with Gasteiger partial charge in [0.15, 0.2) is 0 Å². The second-order valence-electron chi connectivity index (χ2n) is 12.4. The van der Waals surface area contributed by atoms with Crippen LogP contribution in [0.3, 0.4) is 0 Å². The zero-order valence-corrected chi connectivity index (χ0v) is 32.9. The number of pyridine rings is 3. The molecule has 2 atom stereocenters. The molecule has 10 nitrogen and oxygen atoms in total. The number of benzene rings is 2. The maximum atomic E-state index is 12.1. The fraction of sp³-hybridized carbons (Fsp3) is 0.256. The Morgan fingerprint density at radius 1 is 0.712 bits per heavy atom. The molecule has 52 heavy (non-hydrogen) atoms. The average molecular weight is 805 g/mol. The molecule has 0 saturated carbocycles. The van der Waals surface area contributed by atoms with E-state index in [1.807, 2.05) is 87.6 Å². The smallest absolute Gasteiger partial charge is 0.253 e. The number of carbonyl (C=O) groups is 2. The number of ether oxygens (including phenoxy) is 2. The number of hydrogen-bond acceptors (Lipinski definition) is 7. The molecule has 5 aromatic rings. The third-order valence-corrected chi connectivity index (χ3v) is 9.07. The van der Waals surface area contributed by atoms with Crippen molar-refractivity contribution in [2.75, 3.05) is 10.6 Å². The molecular formula is C39H42BrN5O5S2. The summed E-state index contributed by atoms with van der Waals surface area (Å²) in [7, 11) is 1.75. The monoisotopic (exact) mass is 803 g/mol. The number of halogens is 1. The molecule has 0 unspecified atom stereocenters. The Morgan fingerprint density at radius 2 is 1.23 bits per heavy atom. The van der Waals surface area contributed by atoms with E-state index in [9.17, 15) is 14.4 Å². The number of carbonyl (C=O) groups excluding carboxylic acids is 2. The van der Waals surface area contributed by atoms with Crippen molar-refractivity contribution in [1.82, 2.24) is 14.5 Å². The van der Waals surface area contributed by atoms with Crippen LogP contribution in [0.15, 0.2) is 94.6 Å². The van der Waals surface area contributed by atoms with Crippen molar-refractivity contribution in [3.05, 3.63) is 128 Å². The molecule has 0 spiro atoms. The fourth-order valence-electron chi connectivity index (χ4n) is 6.01. The first-order valence-electron chi connectivity index (χ1n) is 16.5. The molecule has 0 bridgehead atoms. The SMILES string of the molecule is C[C@H](Oc1cc(Br)cc2c1NC(=O)CC2)c1ccccn1.Cc1cc(-c2cc3c(c(O[C@@H](C)c4ccccn4)c2)NC(=O)CC3)cn(C)c1=O.S.S. The molecule has 3 aromatic heterocycles. The molecule has 2 amide bonds. The average Bonchev–Trinajstić information content (AvgIpc) is 3.11. The Kier molecular flexibility index (Phi) is 13.7. The summed E-state index contributed by atoms with van der Waals surface area (Å²) in [6.45, 7) is 5.69. The molecule has 0 fully saturated rings. The minimum atomic E-state index is -0.281. The molecule has 13 heteroatoms. The molecule has 2 aromatic carbocycles. The number of fused-ring (bicyclic) bond motifs is 2. The summed E-state index contributed by atoms with van der Waals surface area (Å²) in [5.74, 6) is 1.29. The van der Waals surface area contributed by atoms with Crippen molar-refractivity contribution in [1.29, 1.82) is 0 Å². The summed E-state index contributed by atoms with van der Waals surface area (Å²) in [6, 6.07) is 21.2. The quantitative estimate of drug-likeness (QED) is 0.172. The van der Waals surface area contributed by atoms with E-state index in [1.165, 1.54) is 0 Å². The van der Waals surface area contributed by atoms with Crippen molar-refractivity contribution in [3.8, 4) is 22.6 Å². The first-order valence-corrected chi connectivity index (χ1v) is 17.3. The van der Waals surface area contributed by atoms with Crippen molar-refractivity contribution in [3.63, 3.8) is 0 Å². The Labute approximate surface area is 325 Å². The highest BCUT2D eigenvalue weighted by molar-refractivity contribution is 9.10. The van der Waals surface area contributed by atoms with Gasteiger partial charge >= 0.3 is 0 Å². The zero-order chi connectivity index (χ0) is 35.4. The minimum Gasteiger partial charge on any atom is -0.482 e. The Hall–Kier alpha value is -4.59. The highest BCUT2D eigenvalue weighted by Crippen LogP contribution is 2.40. The lowest BCUT2D eigenvalue weighted by atomic mass is 9.96. The number of aryl methyl sites for hydroxylation is 4. The minimum absolute atomic E-state index is 0. The van der Waals surface area contributed by atoms with Crippen LogP contribution in [0.5, 0.6) is 11.5 Å². The van der Waals surface area contributed by atoms with Gasteiger partial charge in [-0.15, -0.1) is 0 Å². The third-order valence-electron chi connectivity index (χ3n) is 8.62. The van der Waals surface area contributed by atoms with E-state index in [-0.39, 0.29) is 56.6 Å². The molecule has 0 aliphatic carbocycles. The number of nitrogens with zero attached hydrogens (tertiary/aromatic N) is 3. The van der Waals surface area contributed by atoms with Crippen LogP contribution in [0.25, 0.3) is 11.1 Å². The largest absolute Gasteiger partial charge is 0.482 e. The number of anilines is 2. The van der Waals surface area contributed by atoms with E-state index in [0.717, 1.165) is 50.2 Å². The highest BCUT2D eigenvalue weighted by Gasteiger charge is 2.24. The molecular weight excluding hydrogens is 762 g/mol. The van der Waals surface area contributed by atoms with Gasteiger partial charge in [-0.25, -0.2) is 0 Å². The van der Waals surface area contributed by atoms with Crippen molar-refractivity contribution >= 4 is 66.1 Å². The van der Waals surface area contributed by atoms with Gasteiger partial charge in [-0.3, -0.25) is 24.4 Å². The van der Waals surface area contributed by atoms with Crippen LogP contribution in [0.1, 0.15) is 67.0 Å². The molecule has 2 aliphatic rings. The van der Waals surface area contributed by atoms with E-state index >= 15 is 0 Å². The van der Waals surface area contributed by atoms with E-state index < -0.39 is 0 Å². The Balaban J connectivity index is 0.000000235. The number of hydrogen-bond donors (Lipinski definition) is 2. The molecule has 2 aliphatic heterocycles. The lowest BCUT2D eigenvalue weighted by molar-refractivity contribution is -0.117. The van der Waals surface area contributed by atoms with Crippen LogP contribution in [0, 0.1) is 6.92 Å². The summed E-state index contributed by atoms with van der Waals surface area (Å²) in [5, 5.41) is 5.86. The van der Waals surface area contributed by atoms with Crippen molar-refractivity contribution in [2.24, 2.45) is 7.05 Å². The summed E-state index contributed by atoms with van der Waals surface area (Å²) in [4.78, 5) is 44.4. The van der Waals surface area contributed by atoms with Gasteiger partial charge in [-0.05, 0) is 110 Å². The lowest BCUT2D eigenvalue weighted by Gasteiger charge is -2.24. The van der Waals surface area contributed by atoms with Crippen molar-refractivity contribution in [2.45, 2.75) is 58.7 Å². The number of rotatable bonds is 7. The molecule has 272 valence electrons. The number of amides is 2. The van der Waals surface area contributed by atoms with E-state index in [1.54, 1.807) is 24.0 Å². The standard InChI is InChI=1S/C23H23N3O3.C16H15BrN2O2.2H2S/c1-14-10-18(13-26(3)23(14)28)17-11-16-7-8-21(27)25-22(16)20(12-17)29-15(2)19-6-4-5-9-24-19;1-10(13-4-2-3-7-18-13)21-14-9-12(17)8-11-5-6-15(20)19-16(11)14;;/h4-6,9-13,15H,7-8H2,1-3H3,(H,25,27);2-4,7-10H,5-6H2,1H3,(H,19,20);2*1H2/t15-;10-;;/m00../s1. The molecule has 0 radical (unpaired) electrons. The predicted molar refractivity (Wildman–Crippen MR) is 217 cm³/mol. The second kappa shape index (κ2) is 17.8. The van der Waals surface area contributed by atoms with E-state index in [0.29, 0.717) is 42.0 Å². The Morgan fingerprint density at radius 3 is 1.73 bits per heavy atom. The normalized spacial score (nSPS) is 13.9. The maximum absolute atomic E-state index is 12.1. The van der Waals surface area contributed by atoms with Crippen LogP contribution < -0.4 is 25.7 Å². The first kappa shape index (κ1) is 40.2. The topological polar surface area (TPSA) is 124 Å². The predicted octanol–water partition coefficient (Wildman–Crippen LogP) is 7.87. The zero-order valence-electron chi connectivity index (χ0n) is 29.3. The van der Waals surface area contributed by atoms with Gasteiger partial charge in [0.05, 0.1) is 22.8 Å². The Bertz CT molecular complexity index is 2090. The maximum Gasteiger partial charge on any atom is 0.253 e. The van der Waals surface area contributed by atoms with E-state index in [2.05, 4.69) is 42.6 Å². The van der Waals surface area contributed by atoms with Crippen molar-refractivity contribution < 1.29 is 19.1 Å². The number of nitrogens with one attached hydrogen (secondary N) is 2. The molecule has 2 N–H and O–H groups in total. The molecule has 5 heterocycles. The van der Waals surface area contributed by atoms with E-state index in [4.69, 9.17) is 9.47 Å². The van der Waals surface area contributed by atoms with Gasteiger partial charge < -0.3 is 24.7 Å². The first-order chi connectivity index (χ1) is 24.0. The summed E-state index contributed by atoms with van der Waals surface area (Å²) in [6.07, 6.45) is 7.16. The lowest BCUT2D eigenvalue weighted by Crippen LogP contribution is -2.21. The highest BCUT2D eigenvalue weighted by atomic mass is 79.9. The van der Waals surface area contributed by atoms with Gasteiger partial charge in [-0.1, -0.05) is 28.1 Å². The van der Waals surface area contributed by atoms with Gasteiger partial charge in [0, 0.05) is 48.5 Å².